The predicted octanol–water partition coefficient (Wildman–Crippen LogP) is 1.72. The molecule has 0 aliphatic heterocycles. The monoisotopic (exact) mass is 355 g/mol. The molecule has 0 aliphatic rings. The van der Waals surface area contributed by atoms with E-state index < -0.39 is 17.9 Å². The molecular weight excluding hydrogens is 334 g/mol. The number of nitrogens with zero attached hydrogens (tertiary/aromatic N) is 3. The number of hydrogen-bond acceptors (Lipinski definition) is 5. The fourth-order valence-corrected chi connectivity index (χ4v) is 2.69. The Morgan fingerprint density at radius 2 is 2.00 bits per heavy atom. The van der Waals surface area contributed by atoms with Gasteiger partial charge in [-0.2, -0.15) is 5.10 Å². The largest absolute Gasteiger partial charge is 0.467 e. The lowest BCUT2D eigenvalue weighted by molar-refractivity contribution is -0.142. The molecule has 0 spiro atoms. The van der Waals surface area contributed by atoms with Crippen molar-refractivity contribution in [3.8, 4) is 0 Å². The van der Waals surface area contributed by atoms with Gasteiger partial charge in [-0.3, -0.25) is 9.89 Å². The van der Waals surface area contributed by atoms with Crippen LogP contribution in [0.2, 0.25) is 0 Å². The highest BCUT2D eigenvalue weighted by atomic mass is 16.5. The normalized spacial score (nSPS) is 12.2. The van der Waals surface area contributed by atoms with Gasteiger partial charge >= 0.3 is 5.97 Å². The van der Waals surface area contributed by atoms with Gasteiger partial charge in [0.15, 0.2) is 0 Å². The molecule has 2 N–H and O–H groups in total. The van der Waals surface area contributed by atoms with Gasteiger partial charge in [0.1, 0.15) is 11.7 Å². The van der Waals surface area contributed by atoms with Crippen molar-refractivity contribution >= 4 is 22.9 Å². The SMILES string of the molecule is COC(=O)[C@H](C)NC(=O)c1cc(Cn2cnc3cc(C)c(C)cc32)[nH]n1. The van der Waals surface area contributed by atoms with E-state index in [4.69, 9.17) is 0 Å². The molecule has 0 aliphatic carbocycles. The van der Waals surface area contributed by atoms with Crippen LogP contribution in [0.25, 0.3) is 11.0 Å². The standard InChI is InChI=1S/C18H21N5O3/c1-10-5-14-16(6-11(10)2)23(9-19-14)8-13-7-15(22-21-13)17(24)20-12(3)18(25)26-4/h5-7,9,12H,8H2,1-4H3,(H,20,24)(H,21,22)/t12-/m0/s1. The maximum Gasteiger partial charge on any atom is 0.328 e. The first-order valence-electron chi connectivity index (χ1n) is 8.24. The molecule has 3 aromatic rings. The van der Waals surface area contributed by atoms with E-state index in [1.807, 2.05) is 4.57 Å². The van der Waals surface area contributed by atoms with Crippen molar-refractivity contribution in [1.29, 1.82) is 0 Å². The zero-order chi connectivity index (χ0) is 18.8. The first-order valence-corrected chi connectivity index (χ1v) is 8.24. The Hall–Kier alpha value is -3.16. The van der Waals surface area contributed by atoms with E-state index in [1.54, 1.807) is 19.3 Å². The summed E-state index contributed by atoms with van der Waals surface area (Å²) in [5.41, 5.74) is 5.32. The third-order valence-corrected chi connectivity index (χ3v) is 4.34. The van der Waals surface area contributed by atoms with Crippen LogP contribution >= 0.6 is 0 Å². The molecule has 3 rings (SSSR count). The summed E-state index contributed by atoms with van der Waals surface area (Å²) in [7, 11) is 1.27. The number of H-pyrrole nitrogens is 1. The first-order chi connectivity index (χ1) is 12.4. The summed E-state index contributed by atoms with van der Waals surface area (Å²) in [4.78, 5) is 28.0. The Balaban J connectivity index is 1.76. The van der Waals surface area contributed by atoms with E-state index >= 15 is 0 Å². The van der Waals surface area contributed by atoms with Crippen LogP contribution in [-0.2, 0) is 16.1 Å². The fraction of sp³-hybridized carbons (Fsp3) is 0.333. The van der Waals surface area contributed by atoms with Gasteiger partial charge in [-0.05, 0) is 50.1 Å². The predicted molar refractivity (Wildman–Crippen MR) is 95.8 cm³/mol. The number of amides is 1. The van der Waals surface area contributed by atoms with Crippen molar-refractivity contribution in [2.75, 3.05) is 7.11 Å². The molecule has 136 valence electrons. The van der Waals surface area contributed by atoms with Crippen molar-refractivity contribution < 1.29 is 14.3 Å². The highest BCUT2D eigenvalue weighted by Crippen LogP contribution is 2.19. The molecule has 0 saturated carbocycles. The van der Waals surface area contributed by atoms with Crippen molar-refractivity contribution in [3.63, 3.8) is 0 Å². The number of imidazole rings is 1. The van der Waals surface area contributed by atoms with Gasteiger partial charge in [0.2, 0.25) is 0 Å². The number of methoxy groups -OCH3 is 1. The third-order valence-electron chi connectivity index (χ3n) is 4.34. The number of aryl methyl sites for hydroxylation is 2. The number of hydrogen-bond donors (Lipinski definition) is 2. The summed E-state index contributed by atoms with van der Waals surface area (Å²) in [5.74, 6) is -0.947. The number of carbonyl (C=O) groups excluding carboxylic acids is 2. The van der Waals surface area contributed by atoms with Crippen molar-refractivity contribution in [3.05, 3.63) is 47.0 Å². The summed E-state index contributed by atoms with van der Waals surface area (Å²) < 4.78 is 6.58. The van der Waals surface area contributed by atoms with Gasteiger partial charge in [0, 0.05) is 0 Å². The highest BCUT2D eigenvalue weighted by Gasteiger charge is 2.19. The molecule has 0 bridgehead atoms. The molecule has 26 heavy (non-hydrogen) atoms. The molecule has 1 aromatic carbocycles. The summed E-state index contributed by atoms with van der Waals surface area (Å²) in [6, 6.07) is 5.07. The summed E-state index contributed by atoms with van der Waals surface area (Å²) in [6.07, 6.45) is 1.77. The Morgan fingerprint density at radius 1 is 1.27 bits per heavy atom. The molecule has 0 radical (unpaired) electrons. The number of carbonyl (C=O) groups is 2. The quantitative estimate of drug-likeness (QED) is 0.679. The second-order valence-electron chi connectivity index (χ2n) is 6.29. The van der Waals surface area contributed by atoms with Crippen molar-refractivity contribution in [1.82, 2.24) is 25.1 Å². The van der Waals surface area contributed by atoms with Crippen LogP contribution in [0.5, 0.6) is 0 Å². The number of benzene rings is 1. The summed E-state index contributed by atoms with van der Waals surface area (Å²) >= 11 is 0. The zero-order valence-electron chi connectivity index (χ0n) is 15.2. The maximum atomic E-state index is 12.2. The van der Waals surface area contributed by atoms with Crippen LogP contribution in [-0.4, -0.2) is 44.8 Å². The van der Waals surface area contributed by atoms with E-state index in [0.717, 1.165) is 16.7 Å². The summed E-state index contributed by atoms with van der Waals surface area (Å²) in [6.45, 7) is 6.18. The van der Waals surface area contributed by atoms with Crippen LogP contribution in [0.1, 0.15) is 34.2 Å². The molecular formula is C18H21N5O3. The number of esters is 1. The second kappa shape index (κ2) is 6.99. The Morgan fingerprint density at radius 3 is 2.73 bits per heavy atom. The molecule has 0 saturated heterocycles. The minimum atomic E-state index is -0.739. The third kappa shape index (κ3) is 3.44. The van der Waals surface area contributed by atoms with Crippen LogP contribution in [0.15, 0.2) is 24.5 Å². The molecule has 8 heteroatoms. The Bertz CT molecular complexity index is 973. The minimum absolute atomic E-state index is 0.215. The molecule has 0 unspecified atom stereocenters. The van der Waals surface area contributed by atoms with Crippen molar-refractivity contribution in [2.24, 2.45) is 0 Å². The van der Waals surface area contributed by atoms with Gasteiger partial charge in [0.05, 0.1) is 36.7 Å². The molecule has 1 amide bonds. The van der Waals surface area contributed by atoms with Crippen molar-refractivity contribution in [2.45, 2.75) is 33.4 Å². The van der Waals surface area contributed by atoms with E-state index in [2.05, 4.69) is 51.2 Å². The maximum absolute atomic E-state index is 12.2. The first kappa shape index (κ1) is 17.7. The van der Waals surface area contributed by atoms with Gasteiger partial charge in [-0.25, -0.2) is 9.78 Å². The lowest BCUT2D eigenvalue weighted by atomic mass is 10.1. The minimum Gasteiger partial charge on any atom is -0.467 e. The molecule has 8 nitrogen and oxygen atoms in total. The number of fused-ring (bicyclic) bond motifs is 1. The molecule has 2 heterocycles. The topological polar surface area (TPSA) is 102 Å². The van der Waals surface area contributed by atoms with E-state index in [9.17, 15) is 9.59 Å². The number of aromatic amines is 1. The lowest BCUT2D eigenvalue weighted by Gasteiger charge is -2.09. The second-order valence-corrected chi connectivity index (χ2v) is 6.29. The van der Waals surface area contributed by atoms with E-state index in [1.165, 1.54) is 18.2 Å². The van der Waals surface area contributed by atoms with Crippen LogP contribution in [0, 0.1) is 13.8 Å². The van der Waals surface area contributed by atoms with Crippen LogP contribution in [0.3, 0.4) is 0 Å². The molecule has 2 aromatic heterocycles. The molecule has 0 fully saturated rings. The fourth-order valence-electron chi connectivity index (χ4n) is 2.69. The van der Waals surface area contributed by atoms with Gasteiger partial charge in [-0.15, -0.1) is 0 Å². The van der Waals surface area contributed by atoms with E-state index in [-0.39, 0.29) is 5.69 Å². The van der Waals surface area contributed by atoms with Crippen LogP contribution in [0.4, 0.5) is 0 Å². The van der Waals surface area contributed by atoms with Crippen LogP contribution < -0.4 is 5.32 Å². The van der Waals surface area contributed by atoms with E-state index in [0.29, 0.717) is 6.54 Å². The van der Waals surface area contributed by atoms with Gasteiger partial charge in [-0.1, -0.05) is 0 Å². The number of rotatable bonds is 5. The smallest absolute Gasteiger partial charge is 0.328 e. The number of aromatic nitrogens is 4. The lowest BCUT2D eigenvalue weighted by Crippen LogP contribution is -2.39. The Labute approximate surface area is 150 Å². The average Bonchev–Trinajstić information content (AvgIpc) is 3.23. The number of ether oxygens (including phenoxy) is 1. The van der Waals surface area contributed by atoms with Gasteiger partial charge in [0.25, 0.3) is 5.91 Å². The zero-order valence-corrected chi connectivity index (χ0v) is 15.2. The summed E-state index contributed by atoms with van der Waals surface area (Å²) in [5, 5.41) is 9.43. The molecule has 1 atom stereocenters. The Kier molecular flexibility index (Phi) is 4.75. The highest BCUT2D eigenvalue weighted by molar-refractivity contribution is 5.95. The average molecular weight is 355 g/mol. The van der Waals surface area contributed by atoms with Gasteiger partial charge < -0.3 is 14.6 Å². The number of nitrogens with one attached hydrogen (secondary N) is 2.